The van der Waals surface area contributed by atoms with E-state index < -0.39 is 0 Å². The molecule has 3 nitrogen and oxygen atoms in total. The lowest BCUT2D eigenvalue weighted by Gasteiger charge is -2.12. The van der Waals surface area contributed by atoms with Gasteiger partial charge in [-0.3, -0.25) is 0 Å². The number of hydrogen-bond acceptors (Lipinski definition) is 3. The minimum absolute atomic E-state index is 0.713. The van der Waals surface area contributed by atoms with Gasteiger partial charge in [0, 0.05) is 27.8 Å². The summed E-state index contributed by atoms with van der Waals surface area (Å²) in [4.78, 5) is 15.1. The summed E-state index contributed by atoms with van der Waals surface area (Å²) in [5.41, 5.74) is 18.3. The molecule has 8 aromatic carbocycles. The highest BCUT2D eigenvalue weighted by molar-refractivity contribution is 5.81. The van der Waals surface area contributed by atoms with Crippen molar-refractivity contribution in [2.75, 3.05) is 0 Å². The molecule has 10 rings (SSSR count). The van der Waals surface area contributed by atoms with E-state index in [1.165, 1.54) is 22.3 Å². The highest BCUT2D eigenvalue weighted by Gasteiger charge is 2.13. The average Bonchev–Trinajstić information content (AvgIpc) is 3.35. The van der Waals surface area contributed by atoms with Gasteiger partial charge >= 0.3 is 0 Å². The first-order valence-corrected chi connectivity index (χ1v) is 20.3. The summed E-state index contributed by atoms with van der Waals surface area (Å²) >= 11 is 0. The summed E-state index contributed by atoms with van der Waals surface area (Å²) in [6.45, 7) is 0. The molecule has 3 heteroatoms. The Labute approximate surface area is 351 Å². The van der Waals surface area contributed by atoms with Crippen LogP contribution >= 0.6 is 0 Å². The molecule has 2 aromatic heterocycles. The van der Waals surface area contributed by atoms with Gasteiger partial charge in [0.05, 0.1) is 22.8 Å². The number of hydrogen-bond donors (Lipinski definition) is 0. The minimum Gasteiger partial charge on any atom is -0.248 e. The molecule has 60 heavy (non-hydrogen) atoms. The van der Waals surface area contributed by atoms with Crippen LogP contribution in [0.1, 0.15) is 0 Å². The quantitative estimate of drug-likeness (QED) is 0.147. The van der Waals surface area contributed by atoms with Crippen LogP contribution in [0.2, 0.25) is 0 Å². The summed E-state index contributed by atoms with van der Waals surface area (Å²) in [5.74, 6) is 0.713. The van der Waals surface area contributed by atoms with E-state index in [1.807, 2.05) is 42.5 Å². The zero-order chi connectivity index (χ0) is 40.1. The van der Waals surface area contributed by atoms with Crippen LogP contribution in [0.25, 0.3) is 101 Å². The van der Waals surface area contributed by atoms with E-state index in [0.29, 0.717) is 5.82 Å². The van der Waals surface area contributed by atoms with Crippen LogP contribution in [0.15, 0.2) is 237 Å². The summed E-state index contributed by atoms with van der Waals surface area (Å²) in [6, 6.07) is 82.9. The van der Waals surface area contributed by atoms with E-state index in [0.717, 1.165) is 72.8 Å². The fraction of sp³-hybridized carbons (Fsp3) is 0. The first-order chi connectivity index (χ1) is 29.7. The summed E-state index contributed by atoms with van der Waals surface area (Å²) in [5, 5.41) is 0. The summed E-state index contributed by atoms with van der Waals surface area (Å²) in [6.07, 6.45) is 0. The predicted molar refractivity (Wildman–Crippen MR) is 249 cm³/mol. The van der Waals surface area contributed by atoms with Crippen LogP contribution in [0, 0.1) is 0 Å². The molecule has 0 aliphatic carbocycles. The van der Waals surface area contributed by atoms with Gasteiger partial charge in [-0.25, -0.2) is 15.0 Å². The Kier molecular flexibility index (Phi) is 9.97. The molecular formula is C57H39N3. The number of benzene rings is 8. The average molecular weight is 766 g/mol. The van der Waals surface area contributed by atoms with E-state index in [-0.39, 0.29) is 0 Å². The first-order valence-electron chi connectivity index (χ1n) is 20.3. The standard InChI is InChI=1S/C57H39N3/c1-5-15-40(16-6-1)52-37-53(43-17-7-2-8-18-43)58-54(38-52)45-31-27-41(28-32-45)48-23-13-25-50(35-48)51-26-14-24-49(36-51)42-29-33-46(34-30-42)56-39-55(44-19-9-3-10-20-44)59-57(60-56)47-21-11-4-12-22-47/h1-39H. The Morgan fingerprint density at radius 2 is 0.450 bits per heavy atom. The van der Waals surface area contributed by atoms with E-state index in [9.17, 15) is 0 Å². The largest absolute Gasteiger partial charge is 0.248 e. The lowest BCUT2D eigenvalue weighted by atomic mass is 9.95. The lowest BCUT2D eigenvalue weighted by Crippen LogP contribution is -1.95. The monoisotopic (exact) mass is 765 g/mol. The Bertz CT molecular complexity index is 2710. The minimum atomic E-state index is 0.713. The second-order valence-electron chi connectivity index (χ2n) is 14.9. The lowest BCUT2D eigenvalue weighted by molar-refractivity contribution is 1.18. The van der Waals surface area contributed by atoms with Crippen LogP contribution in [-0.2, 0) is 0 Å². The van der Waals surface area contributed by atoms with Gasteiger partial charge in [0.1, 0.15) is 0 Å². The van der Waals surface area contributed by atoms with Crippen molar-refractivity contribution in [1.29, 1.82) is 0 Å². The second kappa shape index (κ2) is 16.5. The van der Waals surface area contributed by atoms with Crippen molar-refractivity contribution >= 4 is 0 Å². The maximum absolute atomic E-state index is 5.13. The van der Waals surface area contributed by atoms with Crippen molar-refractivity contribution in [3.63, 3.8) is 0 Å². The van der Waals surface area contributed by atoms with Gasteiger partial charge in [-0.15, -0.1) is 0 Å². The van der Waals surface area contributed by atoms with Gasteiger partial charge < -0.3 is 0 Å². The molecule has 0 aliphatic rings. The van der Waals surface area contributed by atoms with Gasteiger partial charge in [-0.1, -0.05) is 206 Å². The fourth-order valence-electron chi connectivity index (χ4n) is 7.72. The zero-order valence-corrected chi connectivity index (χ0v) is 32.9. The molecule has 2 heterocycles. The van der Waals surface area contributed by atoms with Crippen molar-refractivity contribution < 1.29 is 0 Å². The highest BCUT2D eigenvalue weighted by Crippen LogP contribution is 2.34. The van der Waals surface area contributed by atoms with Crippen LogP contribution in [-0.4, -0.2) is 15.0 Å². The van der Waals surface area contributed by atoms with Crippen LogP contribution < -0.4 is 0 Å². The van der Waals surface area contributed by atoms with Gasteiger partial charge in [0.25, 0.3) is 0 Å². The van der Waals surface area contributed by atoms with Crippen molar-refractivity contribution in [1.82, 2.24) is 15.0 Å². The SMILES string of the molecule is c1ccc(-c2cc(-c3ccccc3)nc(-c3ccc(-c4cccc(-c5cccc(-c6ccc(-c7cc(-c8ccccc8)nc(-c8ccccc8)n7)cc6)c5)c4)cc3)c2)cc1. The maximum atomic E-state index is 5.13. The molecule has 0 saturated heterocycles. The molecule has 0 atom stereocenters. The fourth-order valence-corrected chi connectivity index (χ4v) is 7.72. The third-order valence-electron chi connectivity index (χ3n) is 10.9. The second-order valence-corrected chi connectivity index (χ2v) is 14.9. The third kappa shape index (κ3) is 7.80. The number of pyridine rings is 1. The normalized spacial score (nSPS) is 11.0. The predicted octanol–water partition coefficient (Wildman–Crippen LogP) is 14.9. The molecule has 0 amide bonds. The van der Waals surface area contributed by atoms with E-state index in [4.69, 9.17) is 15.0 Å². The molecule has 0 unspecified atom stereocenters. The van der Waals surface area contributed by atoms with Gasteiger partial charge in [-0.2, -0.15) is 0 Å². The molecule has 0 aliphatic heterocycles. The molecule has 0 fully saturated rings. The highest BCUT2D eigenvalue weighted by atomic mass is 14.9. The zero-order valence-electron chi connectivity index (χ0n) is 32.9. The number of rotatable bonds is 9. The van der Waals surface area contributed by atoms with E-state index in [2.05, 4.69) is 194 Å². The molecule has 10 aromatic rings. The Hall–Kier alpha value is -8.01. The molecule has 0 spiro atoms. The van der Waals surface area contributed by atoms with Crippen molar-refractivity contribution in [2.45, 2.75) is 0 Å². The van der Waals surface area contributed by atoms with Gasteiger partial charge in [0.2, 0.25) is 0 Å². The molecule has 0 radical (unpaired) electrons. The van der Waals surface area contributed by atoms with Crippen LogP contribution in [0.3, 0.4) is 0 Å². The molecule has 282 valence electrons. The Morgan fingerprint density at radius 3 is 0.867 bits per heavy atom. The first kappa shape index (κ1) is 36.3. The van der Waals surface area contributed by atoms with Gasteiger partial charge in [0.15, 0.2) is 5.82 Å². The summed E-state index contributed by atoms with van der Waals surface area (Å²) in [7, 11) is 0. The van der Waals surface area contributed by atoms with E-state index in [1.54, 1.807) is 0 Å². The molecule has 0 saturated carbocycles. The Morgan fingerprint density at radius 1 is 0.167 bits per heavy atom. The maximum Gasteiger partial charge on any atom is 0.160 e. The molecular weight excluding hydrogens is 727 g/mol. The Balaban J connectivity index is 0.918. The van der Waals surface area contributed by atoms with Crippen LogP contribution in [0.4, 0.5) is 0 Å². The third-order valence-corrected chi connectivity index (χ3v) is 10.9. The summed E-state index contributed by atoms with van der Waals surface area (Å²) < 4.78 is 0. The smallest absolute Gasteiger partial charge is 0.160 e. The van der Waals surface area contributed by atoms with Crippen molar-refractivity contribution in [3.8, 4) is 101 Å². The topological polar surface area (TPSA) is 38.7 Å². The van der Waals surface area contributed by atoms with E-state index >= 15 is 0 Å². The van der Waals surface area contributed by atoms with Crippen molar-refractivity contribution in [2.24, 2.45) is 0 Å². The molecule has 0 bridgehead atoms. The van der Waals surface area contributed by atoms with Crippen molar-refractivity contribution in [3.05, 3.63) is 237 Å². The van der Waals surface area contributed by atoms with Gasteiger partial charge in [-0.05, 0) is 74.8 Å². The molecule has 0 N–H and O–H groups in total. The number of nitrogens with zero attached hydrogens (tertiary/aromatic N) is 3. The number of aromatic nitrogens is 3. The van der Waals surface area contributed by atoms with Crippen LogP contribution in [0.5, 0.6) is 0 Å².